The maximum atomic E-state index is 4.18. The summed E-state index contributed by atoms with van der Waals surface area (Å²) in [5.74, 6) is 0. The molecule has 0 amide bonds. The highest BCUT2D eigenvalue weighted by Gasteiger charge is 1.99. The highest BCUT2D eigenvalue weighted by Crippen LogP contribution is 2.26. The summed E-state index contributed by atoms with van der Waals surface area (Å²) in [6.07, 6.45) is 1.56. The quantitative estimate of drug-likeness (QED) is 0.785. The molecule has 0 aliphatic heterocycles. The van der Waals surface area contributed by atoms with Crippen LogP contribution in [0.15, 0.2) is 51.2 Å². The third-order valence-corrected chi connectivity index (χ3v) is 3.23. The molecule has 0 fully saturated rings. The average molecular weight is 281 g/mol. The topological polar surface area (TPSA) is 25.8 Å². The van der Waals surface area contributed by atoms with Crippen molar-refractivity contribution in [2.24, 2.45) is 0 Å². The first-order valence-corrected chi connectivity index (χ1v) is 6.07. The van der Waals surface area contributed by atoms with E-state index < -0.39 is 0 Å². The zero-order valence-electron chi connectivity index (χ0n) is 8.14. The lowest BCUT2D eigenvalue weighted by atomic mass is 10.2. The van der Waals surface area contributed by atoms with Crippen LogP contribution >= 0.6 is 27.7 Å². The first kappa shape index (κ1) is 10.6. The van der Waals surface area contributed by atoms with E-state index in [0.717, 1.165) is 9.63 Å². The average Bonchev–Trinajstić information content (AvgIpc) is 2.22. The maximum absolute atomic E-state index is 4.18. The minimum Gasteiger partial charge on any atom is -0.230 e. The van der Waals surface area contributed by atoms with E-state index in [9.17, 15) is 0 Å². The summed E-state index contributed by atoms with van der Waals surface area (Å²) in [7, 11) is 0. The van der Waals surface area contributed by atoms with Gasteiger partial charge in [0.15, 0.2) is 0 Å². The number of aromatic nitrogens is 2. The monoisotopic (exact) mass is 280 g/mol. The smallest absolute Gasteiger partial charge is 0.118 e. The molecule has 76 valence electrons. The molecular weight excluding hydrogens is 272 g/mol. The molecule has 0 saturated heterocycles. The van der Waals surface area contributed by atoms with Crippen molar-refractivity contribution >= 4 is 27.7 Å². The molecule has 0 aliphatic rings. The van der Waals surface area contributed by atoms with Crippen LogP contribution in [-0.2, 0) is 0 Å². The zero-order chi connectivity index (χ0) is 10.7. The van der Waals surface area contributed by atoms with E-state index in [-0.39, 0.29) is 0 Å². The van der Waals surface area contributed by atoms with Crippen molar-refractivity contribution in [2.75, 3.05) is 0 Å². The van der Waals surface area contributed by atoms with E-state index in [1.54, 1.807) is 18.1 Å². The summed E-state index contributed by atoms with van der Waals surface area (Å²) in [5, 5.41) is 0.945. The number of hydrogen-bond donors (Lipinski definition) is 0. The Morgan fingerprint density at radius 3 is 2.53 bits per heavy atom. The molecule has 0 bridgehead atoms. The van der Waals surface area contributed by atoms with Crippen LogP contribution in [0.3, 0.4) is 0 Å². The van der Waals surface area contributed by atoms with Crippen LogP contribution in [0.25, 0.3) is 0 Å². The number of rotatable bonds is 2. The maximum Gasteiger partial charge on any atom is 0.118 e. The molecule has 0 unspecified atom stereocenters. The van der Waals surface area contributed by atoms with Crippen LogP contribution in [-0.4, -0.2) is 9.97 Å². The Hall–Kier alpha value is -0.870. The molecule has 1 heterocycles. The second-order valence-corrected chi connectivity index (χ2v) is 5.00. The molecule has 0 spiro atoms. The van der Waals surface area contributed by atoms with E-state index in [2.05, 4.69) is 57.1 Å². The van der Waals surface area contributed by atoms with Gasteiger partial charge in [0.25, 0.3) is 0 Å². The largest absolute Gasteiger partial charge is 0.230 e. The Morgan fingerprint density at radius 2 is 1.87 bits per heavy atom. The molecule has 4 heteroatoms. The number of hydrogen-bond acceptors (Lipinski definition) is 3. The van der Waals surface area contributed by atoms with Crippen LogP contribution in [0.5, 0.6) is 0 Å². The van der Waals surface area contributed by atoms with E-state index in [4.69, 9.17) is 0 Å². The second-order valence-electron chi connectivity index (χ2n) is 3.09. The van der Waals surface area contributed by atoms with Crippen LogP contribution in [0.4, 0.5) is 0 Å². The lowest BCUT2D eigenvalue weighted by Gasteiger charge is -2.00. The predicted molar refractivity (Wildman–Crippen MR) is 65.0 cm³/mol. The highest BCUT2D eigenvalue weighted by molar-refractivity contribution is 9.10. The van der Waals surface area contributed by atoms with Crippen molar-refractivity contribution in [1.29, 1.82) is 0 Å². The number of benzene rings is 1. The molecular formula is C11H9BrN2S. The van der Waals surface area contributed by atoms with Crippen LogP contribution in [0.1, 0.15) is 5.56 Å². The van der Waals surface area contributed by atoms with Crippen molar-refractivity contribution in [3.05, 3.63) is 46.8 Å². The van der Waals surface area contributed by atoms with Gasteiger partial charge in [0.05, 0.1) is 0 Å². The molecule has 0 saturated carbocycles. The van der Waals surface area contributed by atoms with Gasteiger partial charge in [-0.1, -0.05) is 29.5 Å². The van der Waals surface area contributed by atoms with Gasteiger partial charge in [0, 0.05) is 11.0 Å². The first-order chi connectivity index (χ1) is 7.24. The molecule has 1 aromatic carbocycles. The Bertz CT molecular complexity index is 456. The van der Waals surface area contributed by atoms with E-state index in [1.807, 2.05) is 6.07 Å². The van der Waals surface area contributed by atoms with Gasteiger partial charge < -0.3 is 0 Å². The number of halogens is 1. The van der Waals surface area contributed by atoms with Crippen molar-refractivity contribution in [3.63, 3.8) is 0 Å². The SMILES string of the molecule is Cc1ccc(Sc2cc(Br)ncn2)cc1. The Balaban J connectivity index is 2.18. The number of nitrogens with zero attached hydrogens (tertiary/aromatic N) is 2. The van der Waals surface area contributed by atoms with Gasteiger partial charge in [0.1, 0.15) is 16.0 Å². The van der Waals surface area contributed by atoms with E-state index >= 15 is 0 Å². The minimum absolute atomic E-state index is 0.812. The van der Waals surface area contributed by atoms with Gasteiger partial charge >= 0.3 is 0 Å². The van der Waals surface area contributed by atoms with Gasteiger partial charge in [-0.05, 0) is 35.0 Å². The van der Waals surface area contributed by atoms with Crippen molar-refractivity contribution in [1.82, 2.24) is 9.97 Å². The fourth-order valence-electron chi connectivity index (χ4n) is 1.10. The molecule has 2 rings (SSSR count). The molecule has 0 aliphatic carbocycles. The third kappa shape index (κ3) is 3.04. The first-order valence-electron chi connectivity index (χ1n) is 4.46. The lowest BCUT2D eigenvalue weighted by Crippen LogP contribution is -1.82. The fraction of sp³-hybridized carbons (Fsp3) is 0.0909. The Morgan fingerprint density at radius 1 is 1.13 bits per heavy atom. The summed E-state index contributed by atoms with van der Waals surface area (Å²) in [5.41, 5.74) is 1.27. The molecule has 0 atom stereocenters. The number of aryl methyl sites for hydroxylation is 1. The van der Waals surface area contributed by atoms with Gasteiger partial charge in [-0.25, -0.2) is 9.97 Å². The summed E-state index contributed by atoms with van der Waals surface area (Å²) < 4.78 is 0.812. The van der Waals surface area contributed by atoms with Crippen LogP contribution < -0.4 is 0 Å². The van der Waals surface area contributed by atoms with Crippen molar-refractivity contribution in [2.45, 2.75) is 16.8 Å². The lowest BCUT2D eigenvalue weighted by molar-refractivity contribution is 1.03. The predicted octanol–water partition coefficient (Wildman–Crippen LogP) is 3.70. The van der Waals surface area contributed by atoms with Crippen LogP contribution in [0, 0.1) is 6.92 Å². The van der Waals surface area contributed by atoms with Crippen molar-refractivity contribution < 1.29 is 0 Å². The summed E-state index contributed by atoms with van der Waals surface area (Å²) in [4.78, 5) is 9.35. The standard InChI is InChI=1S/C11H9BrN2S/c1-8-2-4-9(5-3-8)15-11-6-10(12)13-7-14-11/h2-7H,1H3. The van der Waals surface area contributed by atoms with Crippen molar-refractivity contribution in [3.8, 4) is 0 Å². The van der Waals surface area contributed by atoms with Gasteiger partial charge in [-0.3, -0.25) is 0 Å². The van der Waals surface area contributed by atoms with E-state index in [0.29, 0.717) is 0 Å². The molecule has 2 nitrogen and oxygen atoms in total. The molecule has 2 aromatic rings. The van der Waals surface area contributed by atoms with E-state index in [1.165, 1.54) is 10.5 Å². The molecule has 0 N–H and O–H groups in total. The highest BCUT2D eigenvalue weighted by atomic mass is 79.9. The third-order valence-electron chi connectivity index (χ3n) is 1.85. The Kier molecular flexibility index (Phi) is 3.38. The molecule has 0 radical (unpaired) electrons. The Labute approximate surface area is 101 Å². The normalized spacial score (nSPS) is 10.3. The minimum atomic E-state index is 0.812. The van der Waals surface area contributed by atoms with Gasteiger partial charge in [-0.15, -0.1) is 0 Å². The molecule has 1 aromatic heterocycles. The fourth-order valence-corrected chi connectivity index (χ4v) is 2.34. The zero-order valence-corrected chi connectivity index (χ0v) is 10.5. The summed E-state index contributed by atoms with van der Waals surface area (Å²) in [6, 6.07) is 10.3. The second kappa shape index (κ2) is 4.77. The van der Waals surface area contributed by atoms with Crippen LogP contribution in [0.2, 0.25) is 0 Å². The van der Waals surface area contributed by atoms with Gasteiger partial charge in [0.2, 0.25) is 0 Å². The summed E-state index contributed by atoms with van der Waals surface area (Å²) in [6.45, 7) is 2.08. The summed E-state index contributed by atoms with van der Waals surface area (Å²) >= 11 is 4.95. The molecule has 15 heavy (non-hydrogen) atoms. The van der Waals surface area contributed by atoms with Gasteiger partial charge in [-0.2, -0.15) is 0 Å².